The van der Waals surface area contributed by atoms with Crippen LogP contribution in [0.2, 0.25) is 0 Å². The normalized spacial score (nSPS) is 10.2. The van der Waals surface area contributed by atoms with Gasteiger partial charge < -0.3 is 0 Å². The Hall–Kier alpha value is -1.04. The third kappa shape index (κ3) is 4.83. The molecule has 0 bridgehead atoms. The quantitative estimate of drug-likeness (QED) is 0.555. The van der Waals surface area contributed by atoms with Gasteiger partial charge in [0.05, 0.1) is 0 Å². The average Bonchev–Trinajstić information content (AvgIpc) is 2.29. The summed E-state index contributed by atoms with van der Waals surface area (Å²) in [5.41, 5.74) is 2.69. The van der Waals surface area contributed by atoms with Crippen LogP contribution in [0.4, 0.5) is 0 Å². The Bertz CT molecular complexity index is 286. The number of rotatable bonds is 7. The molecule has 0 heteroatoms. The molecule has 0 aliphatic rings. The first-order valence-electron chi connectivity index (χ1n) is 6.08. The van der Waals surface area contributed by atoms with E-state index in [2.05, 4.69) is 37.8 Å². The van der Waals surface area contributed by atoms with E-state index in [0.29, 0.717) is 0 Å². The minimum Gasteiger partial charge on any atom is -0.0985 e. The fraction of sp³-hybridized carbons (Fsp3) is 0.467. The first kappa shape index (κ1) is 12.0. The summed E-state index contributed by atoms with van der Waals surface area (Å²) in [6.45, 7) is 6.05. The maximum absolute atomic E-state index is 3.79. The summed E-state index contributed by atoms with van der Waals surface area (Å²) in [5, 5.41) is 0. The molecule has 0 amide bonds. The highest BCUT2D eigenvalue weighted by Crippen LogP contribution is 2.11. The summed E-state index contributed by atoms with van der Waals surface area (Å²) in [6, 6.07) is 8.69. The van der Waals surface area contributed by atoms with Crippen molar-refractivity contribution in [1.82, 2.24) is 0 Å². The van der Waals surface area contributed by atoms with Gasteiger partial charge in [-0.2, -0.15) is 0 Å². The molecule has 0 atom stereocenters. The lowest BCUT2D eigenvalue weighted by Crippen LogP contribution is -1.86. The van der Waals surface area contributed by atoms with E-state index in [4.69, 9.17) is 0 Å². The number of hydrogen-bond acceptors (Lipinski definition) is 0. The van der Waals surface area contributed by atoms with Crippen LogP contribution in [0.3, 0.4) is 0 Å². The van der Waals surface area contributed by atoms with Crippen molar-refractivity contribution in [1.29, 1.82) is 0 Å². The Morgan fingerprint density at radius 2 is 1.93 bits per heavy atom. The van der Waals surface area contributed by atoms with E-state index in [1.165, 1.54) is 49.7 Å². The number of hydrogen-bond donors (Lipinski definition) is 0. The van der Waals surface area contributed by atoms with E-state index in [-0.39, 0.29) is 0 Å². The van der Waals surface area contributed by atoms with Crippen molar-refractivity contribution >= 4 is 6.08 Å². The highest BCUT2D eigenvalue weighted by atomic mass is 14.0. The lowest BCUT2D eigenvalue weighted by Gasteiger charge is -2.02. The standard InChI is InChI=1S/C15H22/c1-3-5-6-7-8-10-15-12-9-11-14(4-2)13-15/h4,9,11-13H,2-3,5-8,10H2,1H3. The fourth-order valence-electron chi connectivity index (χ4n) is 1.81. The summed E-state index contributed by atoms with van der Waals surface area (Å²) in [5.74, 6) is 0. The van der Waals surface area contributed by atoms with Gasteiger partial charge in [-0.3, -0.25) is 0 Å². The zero-order valence-corrected chi connectivity index (χ0v) is 9.84. The van der Waals surface area contributed by atoms with Crippen LogP contribution in [0.1, 0.15) is 50.2 Å². The van der Waals surface area contributed by atoms with E-state index >= 15 is 0 Å². The van der Waals surface area contributed by atoms with Crippen LogP contribution >= 0.6 is 0 Å². The topological polar surface area (TPSA) is 0 Å². The van der Waals surface area contributed by atoms with E-state index in [1.807, 2.05) is 6.08 Å². The highest BCUT2D eigenvalue weighted by molar-refractivity contribution is 5.47. The molecular formula is C15H22. The maximum Gasteiger partial charge on any atom is -0.0260 e. The Morgan fingerprint density at radius 1 is 1.13 bits per heavy atom. The molecule has 0 aromatic heterocycles. The molecule has 0 saturated carbocycles. The van der Waals surface area contributed by atoms with Gasteiger partial charge in [0.25, 0.3) is 0 Å². The predicted octanol–water partition coefficient (Wildman–Crippen LogP) is 4.84. The fourth-order valence-corrected chi connectivity index (χ4v) is 1.81. The molecule has 0 nitrogen and oxygen atoms in total. The van der Waals surface area contributed by atoms with Gasteiger partial charge in [-0.1, -0.05) is 69.5 Å². The SMILES string of the molecule is C=Cc1cccc(CCCCCCC)c1. The van der Waals surface area contributed by atoms with Gasteiger partial charge >= 0.3 is 0 Å². The van der Waals surface area contributed by atoms with Crippen molar-refractivity contribution in [2.75, 3.05) is 0 Å². The van der Waals surface area contributed by atoms with Crippen LogP contribution in [-0.2, 0) is 6.42 Å². The molecule has 0 fully saturated rings. The molecule has 0 aliphatic heterocycles. The number of benzene rings is 1. The summed E-state index contributed by atoms with van der Waals surface area (Å²) in [7, 11) is 0. The molecule has 0 heterocycles. The minimum absolute atomic E-state index is 1.21. The Balaban J connectivity index is 2.27. The van der Waals surface area contributed by atoms with Gasteiger partial charge in [-0.05, 0) is 24.0 Å². The minimum atomic E-state index is 1.21. The van der Waals surface area contributed by atoms with Crippen LogP contribution in [-0.4, -0.2) is 0 Å². The first-order valence-corrected chi connectivity index (χ1v) is 6.08. The lowest BCUT2D eigenvalue weighted by atomic mass is 10.0. The second-order valence-electron chi connectivity index (χ2n) is 4.11. The third-order valence-electron chi connectivity index (χ3n) is 2.76. The van der Waals surface area contributed by atoms with E-state index < -0.39 is 0 Å². The molecule has 0 N–H and O–H groups in total. The van der Waals surface area contributed by atoms with Crippen LogP contribution < -0.4 is 0 Å². The van der Waals surface area contributed by atoms with Gasteiger partial charge in [-0.15, -0.1) is 0 Å². The number of aryl methyl sites for hydroxylation is 1. The van der Waals surface area contributed by atoms with Crippen LogP contribution in [0, 0.1) is 0 Å². The van der Waals surface area contributed by atoms with Crippen molar-refractivity contribution in [3.63, 3.8) is 0 Å². The molecule has 15 heavy (non-hydrogen) atoms. The summed E-state index contributed by atoms with van der Waals surface area (Å²) in [4.78, 5) is 0. The zero-order chi connectivity index (χ0) is 10.9. The van der Waals surface area contributed by atoms with Crippen molar-refractivity contribution in [3.8, 4) is 0 Å². The Labute approximate surface area is 94.0 Å². The van der Waals surface area contributed by atoms with E-state index in [1.54, 1.807) is 0 Å². The largest absolute Gasteiger partial charge is 0.0985 e. The molecule has 82 valence electrons. The van der Waals surface area contributed by atoms with Gasteiger partial charge in [0.1, 0.15) is 0 Å². The number of unbranched alkanes of at least 4 members (excludes halogenated alkanes) is 4. The van der Waals surface area contributed by atoms with Gasteiger partial charge in [0.2, 0.25) is 0 Å². The molecular weight excluding hydrogens is 180 g/mol. The van der Waals surface area contributed by atoms with Gasteiger partial charge in [0.15, 0.2) is 0 Å². The maximum atomic E-state index is 3.79. The molecule has 0 unspecified atom stereocenters. The summed E-state index contributed by atoms with van der Waals surface area (Å²) < 4.78 is 0. The van der Waals surface area contributed by atoms with Gasteiger partial charge in [0, 0.05) is 0 Å². The third-order valence-corrected chi connectivity index (χ3v) is 2.76. The van der Waals surface area contributed by atoms with Gasteiger partial charge in [-0.25, -0.2) is 0 Å². The molecule has 0 spiro atoms. The van der Waals surface area contributed by atoms with E-state index in [9.17, 15) is 0 Å². The molecule has 1 rings (SSSR count). The molecule has 1 aromatic rings. The monoisotopic (exact) mass is 202 g/mol. The van der Waals surface area contributed by atoms with Crippen molar-refractivity contribution in [3.05, 3.63) is 42.0 Å². The highest BCUT2D eigenvalue weighted by Gasteiger charge is 1.94. The predicted molar refractivity (Wildman–Crippen MR) is 69.0 cm³/mol. The summed E-state index contributed by atoms with van der Waals surface area (Å²) >= 11 is 0. The van der Waals surface area contributed by atoms with Crippen molar-refractivity contribution in [2.24, 2.45) is 0 Å². The van der Waals surface area contributed by atoms with Crippen LogP contribution in [0.25, 0.3) is 6.08 Å². The lowest BCUT2D eigenvalue weighted by molar-refractivity contribution is 0.632. The first-order chi connectivity index (χ1) is 7.36. The second kappa shape index (κ2) is 7.28. The molecule has 1 aromatic carbocycles. The summed E-state index contributed by atoms with van der Waals surface area (Å²) in [6.07, 6.45) is 9.91. The van der Waals surface area contributed by atoms with Crippen molar-refractivity contribution in [2.45, 2.75) is 45.4 Å². The van der Waals surface area contributed by atoms with Crippen LogP contribution in [0.5, 0.6) is 0 Å². The molecule has 0 aliphatic carbocycles. The zero-order valence-electron chi connectivity index (χ0n) is 9.84. The second-order valence-corrected chi connectivity index (χ2v) is 4.11. The molecule has 0 saturated heterocycles. The van der Waals surface area contributed by atoms with Crippen LogP contribution in [0.15, 0.2) is 30.8 Å². The molecule has 0 radical (unpaired) electrons. The Kier molecular flexibility index (Phi) is 5.84. The Morgan fingerprint density at radius 3 is 2.67 bits per heavy atom. The smallest absolute Gasteiger partial charge is 0.0260 e. The average molecular weight is 202 g/mol. The van der Waals surface area contributed by atoms with E-state index in [0.717, 1.165) is 0 Å². The van der Waals surface area contributed by atoms with Crippen molar-refractivity contribution < 1.29 is 0 Å².